The number of hydrogen-bond acceptors (Lipinski definition) is 5. The van der Waals surface area contributed by atoms with E-state index in [9.17, 15) is 23.4 Å². The second kappa shape index (κ2) is 11.6. The van der Waals surface area contributed by atoms with Crippen LogP contribution in [0.1, 0.15) is 42.1 Å². The van der Waals surface area contributed by atoms with E-state index in [0.717, 1.165) is 11.1 Å². The van der Waals surface area contributed by atoms with Gasteiger partial charge in [-0.2, -0.15) is 0 Å². The minimum atomic E-state index is -3.70. The lowest BCUT2D eigenvalue weighted by molar-refractivity contribution is -0.138. The highest BCUT2D eigenvalue weighted by Crippen LogP contribution is 2.25. The fourth-order valence-corrected chi connectivity index (χ4v) is 5.17. The van der Waals surface area contributed by atoms with Crippen LogP contribution in [-0.2, 0) is 21.1 Å². The maximum atomic E-state index is 13.0. The van der Waals surface area contributed by atoms with E-state index in [1.165, 1.54) is 12.1 Å². The van der Waals surface area contributed by atoms with Crippen LogP contribution in [0, 0.1) is 0 Å². The van der Waals surface area contributed by atoms with Crippen molar-refractivity contribution in [3.63, 3.8) is 0 Å². The van der Waals surface area contributed by atoms with E-state index in [0.29, 0.717) is 36.5 Å². The molecule has 0 aliphatic carbocycles. The Balaban J connectivity index is 1.57. The van der Waals surface area contributed by atoms with Gasteiger partial charge in [0, 0.05) is 11.6 Å². The Morgan fingerprint density at radius 1 is 0.971 bits per heavy atom. The van der Waals surface area contributed by atoms with Crippen molar-refractivity contribution < 1.29 is 23.4 Å². The molecule has 0 saturated heterocycles. The molecule has 2 atom stereocenters. The van der Waals surface area contributed by atoms with Crippen molar-refractivity contribution >= 4 is 27.4 Å². The van der Waals surface area contributed by atoms with Crippen molar-refractivity contribution in [1.82, 2.24) is 5.32 Å². The van der Waals surface area contributed by atoms with E-state index in [1.807, 2.05) is 6.07 Å². The van der Waals surface area contributed by atoms with Crippen LogP contribution in [0.15, 0.2) is 82.6 Å². The number of sulfone groups is 1. The third kappa shape index (κ3) is 6.45. The molecule has 0 spiro atoms. The lowest BCUT2D eigenvalue weighted by Crippen LogP contribution is -2.23. The van der Waals surface area contributed by atoms with E-state index in [-0.39, 0.29) is 9.79 Å². The molecule has 6 nitrogen and oxygen atoms in total. The number of carbonyl (C=O) groups is 1. The number of aliphatic hydroxyl groups excluding tert-OH is 1. The van der Waals surface area contributed by atoms with Gasteiger partial charge in [0.25, 0.3) is 0 Å². The van der Waals surface area contributed by atoms with Crippen LogP contribution in [0.4, 0.5) is 0 Å². The predicted octanol–water partition coefficient (Wildman–Crippen LogP) is 4.62. The summed E-state index contributed by atoms with van der Waals surface area (Å²) in [7, 11) is -3.70. The zero-order chi connectivity index (χ0) is 24.7. The summed E-state index contributed by atoms with van der Waals surface area (Å²) in [5.41, 5.74) is 2.29. The first-order valence-electron chi connectivity index (χ1n) is 11.0. The van der Waals surface area contributed by atoms with Crippen LogP contribution >= 0.6 is 11.6 Å². The molecule has 0 aliphatic heterocycles. The fraction of sp³-hybridized carbons (Fsp3) is 0.269. The van der Waals surface area contributed by atoms with Gasteiger partial charge >= 0.3 is 5.97 Å². The van der Waals surface area contributed by atoms with Crippen LogP contribution < -0.4 is 5.32 Å². The van der Waals surface area contributed by atoms with Crippen LogP contribution in [-0.4, -0.2) is 37.7 Å². The van der Waals surface area contributed by atoms with Crippen molar-refractivity contribution in [3.05, 3.63) is 94.5 Å². The highest BCUT2D eigenvalue weighted by Gasteiger charge is 2.21. The number of benzene rings is 3. The molecule has 3 aromatic rings. The zero-order valence-electron chi connectivity index (χ0n) is 18.8. The Morgan fingerprint density at radius 3 is 2.15 bits per heavy atom. The number of aliphatic hydroxyl groups is 1. The summed E-state index contributed by atoms with van der Waals surface area (Å²) in [5, 5.41) is 23.3. The summed E-state index contributed by atoms with van der Waals surface area (Å²) in [5.74, 6) is -1.58. The number of hydrogen-bond donors (Lipinski definition) is 3. The fourth-order valence-electron chi connectivity index (χ4n) is 3.71. The van der Waals surface area contributed by atoms with Crippen LogP contribution in [0.2, 0.25) is 5.02 Å². The number of rotatable bonds is 11. The summed E-state index contributed by atoms with van der Waals surface area (Å²) in [6.07, 6.45) is 0.433. The molecule has 3 rings (SSSR count). The number of nitrogens with one attached hydrogen (secondary N) is 1. The Bertz CT molecular complexity index is 1210. The van der Waals surface area contributed by atoms with Gasteiger partial charge in [-0.15, -0.1) is 0 Å². The minimum Gasteiger partial charge on any atom is -0.481 e. The summed E-state index contributed by atoms with van der Waals surface area (Å²) < 4.78 is 25.9. The molecule has 8 heteroatoms. The van der Waals surface area contributed by atoms with Gasteiger partial charge in [0.2, 0.25) is 9.84 Å². The monoisotopic (exact) mass is 501 g/mol. The van der Waals surface area contributed by atoms with Gasteiger partial charge in [-0.3, -0.25) is 4.79 Å². The number of aliphatic carboxylic acids is 1. The summed E-state index contributed by atoms with van der Waals surface area (Å²) in [6, 6.07) is 19.8. The van der Waals surface area contributed by atoms with Crippen LogP contribution in [0.3, 0.4) is 0 Å². The highest BCUT2D eigenvalue weighted by atomic mass is 35.5. The molecule has 180 valence electrons. The lowest BCUT2D eigenvalue weighted by atomic mass is 9.97. The standard InChI is InChI=1S/C26H28ClNO5S/c1-2-24(26(30)31)19-8-12-23(13-9-19)34(32,33)22-10-6-18(7-11-22)14-15-28-17-25(29)20-4-3-5-21(27)16-20/h3-13,16,24-25,28-29H,2,14-15,17H2,1H3,(H,30,31)/t24?,25-/m0/s1. The molecule has 0 saturated carbocycles. The molecule has 0 bridgehead atoms. The molecule has 0 amide bonds. The minimum absolute atomic E-state index is 0.126. The number of halogens is 1. The van der Waals surface area contributed by atoms with E-state index in [2.05, 4.69) is 5.32 Å². The predicted molar refractivity (Wildman–Crippen MR) is 132 cm³/mol. The van der Waals surface area contributed by atoms with Gasteiger partial charge in [0.05, 0.1) is 21.8 Å². The van der Waals surface area contributed by atoms with Gasteiger partial charge in [-0.05, 0) is 72.5 Å². The third-order valence-electron chi connectivity index (χ3n) is 5.69. The SMILES string of the molecule is CCC(C(=O)O)c1ccc(S(=O)(=O)c2ccc(CCNC[C@H](O)c3cccc(Cl)c3)cc2)cc1. The molecule has 0 aliphatic rings. The first kappa shape index (κ1) is 25.9. The van der Waals surface area contributed by atoms with E-state index in [1.54, 1.807) is 61.5 Å². The Morgan fingerprint density at radius 2 is 1.59 bits per heavy atom. The normalized spacial score (nSPS) is 13.4. The Hall–Kier alpha value is -2.71. The molecule has 0 aromatic heterocycles. The summed E-state index contributed by atoms with van der Waals surface area (Å²) >= 11 is 5.96. The largest absolute Gasteiger partial charge is 0.481 e. The second-order valence-corrected chi connectivity index (χ2v) is 10.4. The smallest absolute Gasteiger partial charge is 0.310 e. The maximum Gasteiger partial charge on any atom is 0.310 e. The van der Waals surface area contributed by atoms with Gasteiger partial charge in [-0.25, -0.2) is 8.42 Å². The molecular weight excluding hydrogens is 474 g/mol. The average molecular weight is 502 g/mol. The summed E-state index contributed by atoms with van der Waals surface area (Å²) in [6.45, 7) is 2.78. The molecule has 34 heavy (non-hydrogen) atoms. The van der Waals surface area contributed by atoms with E-state index in [4.69, 9.17) is 11.6 Å². The number of carboxylic acid groups (broad SMARTS) is 1. The van der Waals surface area contributed by atoms with Crippen LogP contribution in [0.25, 0.3) is 0 Å². The second-order valence-electron chi connectivity index (χ2n) is 8.04. The summed E-state index contributed by atoms with van der Waals surface area (Å²) in [4.78, 5) is 11.6. The molecule has 0 heterocycles. The molecule has 1 unspecified atom stereocenters. The van der Waals surface area contributed by atoms with Gasteiger partial charge < -0.3 is 15.5 Å². The van der Waals surface area contributed by atoms with Crippen molar-refractivity contribution in [2.24, 2.45) is 0 Å². The van der Waals surface area contributed by atoms with Gasteiger partial charge in [0.15, 0.2) is 0 Å². The third-order valence-corrected chi connectivity index (χ3v) is 7.71. The quantitative estimate of drug-likeness (QED) is 0.331. The Kier molecular flexibility index (Phi) is 8.85. The molecule has 0 fully saturated rings. The van der Waals surface area contributed by atoms with E-state index >= 15 is 0 Å². The topological polar surface area (TPSA) is 104 Å². The lowest BCUT2D eigenvalue weighted by Gasteiger charge is -2.13. The molecular formula is C26H28ClNO5S. The van der Waals surface area contributed by atoms with E-state index < -0.39 is 27.8 Å². The van der Waals surface area contributed by atoms with Crippen LogP contribution in [0.5, 0.6) is 0 Å². The molecule has 0 radical (unpaired) electrons. The van der Waals surface area contributed by atoms with Gasteiger partial charge in [0.1, 0.15) is 0 Å². The zero-order valence-corrected chi connectivity index (χ0v) is 20.4. The number of carboxylic acids is 1. The maximum absolute atomic E-state index is 13.0. The first-order valence-corrected chi connectivity index (χ1v) is 12.9. The Labute approximate surface area is 205 Å². The molecule has 3 aromatic carbocycles. The van der Waals surface area contributed by atoms with Crippen molar-refractivity contribution in [1.29, 1.82) is 0 Å². The van der Waals surface area contributed by atoms with Gasteiger partial charge in [-0.1, -0.05) is 54.9 Å². The molecule has 3 N–H and O–H groups in total. The van der Waals surface area contributed by atoms with Crippen molar-refractivity contribution in [2.75, 3.05) is 13.1 Å². The average Bonchev–Trinajstić information content (AvgIpc) is 2.82. The van der Waals surface area contributed by atoms with Crippen molar-refractivity contribution in [2.45, 2.75) is 41.6 Å². The first-order chi connectivity index (χ1) is 16.2. The van der Waals surface area contributed by atoms with Crippen molar-refractivity contribution in [3.8, 4) is 0 Å². The highest BCUT2D eigenvalue weighted by molar-refractivity contribution is 7.91.